The van der Waals surface area contributed by atoms with E-state index in [4.69, 9.17) is 5.73 Å². The number of aromatic nitrogens is 2. The summed E-state index contributed by atoms with van der Waals surface area (Å²) < 4.78 is 0. The first kappa shape index (κ1) is 14.9. The first-order valence-corrected chi connectivity index (χ1v) is 6.72. The van der Waals surface area contributed by atoms with Gasteiger partial charge in [-0.05, 0) is 24.7 Å². The fourth-order valence-electron chi connectivity index (χ4n) is 2.23. The molecular formula is C14H26N4. The molecule has 102 valence electrons. The summed E-state index contributed by atoms with van der Waals surface area (Å²) in [5.41, 5.74) is 7.57. The highest BCUT2D eigenvalue weighted by atomic mass is 15.1. The third kappa shape index (κ3) is 3.95. The molecule has 0 aliphatic carbocycles. The van der Waals surface area contributed by atoms with E-state index in [1.807, 2.05) is 13.1 Å². The largest absolute Gasteiger partial charge is 0.354 e. The maximum absolute atomic E-state index is 5.60. The Bertz CT molecular complexity index is 366. The van der Waals surface area contributed by atoms with Crippen molar-refractivity contribution in [1.82, 2.24) is 9.97 Å². The summed E-state index contributed by atoms with van der Waals surface area (Å²) in [4.78, 5) is 8.73. The van der Waals surface area contributed by atoms with Crippen LogP contribution < -0.4 is 11.1 Å². The molecule has 1 aromatic rings. The normalized spacial score (nSPS) is 11.6. The number of rotatable bonds is 6. The molecule has 0 saturated carbocycles. The summed E-state index contributed by atoms with van der Waals surface area (Å²) >= 11 is 0. The number of nitrogens with zero attached hydrogens (tertiary/aromatic N) is 2. The number of aryl methyl sites for hydroxylation is 1. The van der Waals surface area contributed by atoms with Crippen LogP contribution in [0.3, 0.4) is 0 Å². The Balaban J connectivity index is 2.65. The van der Waals surface area contributed by atoms with Crippen molar-refractivity contribution in [1.29, 1.82) is 0 Å². The first-order valence-electron chi connectivity index (χ1n) is 6.72. The van der Waals surface area contributed by atoms with Crippen LogP contribution in [0.1, 0.15) is 39.0 Å². The molecule has 4 heteroatoms. The zero-order chi connectivity index (χ0) is 13.7. The topological polar surface area (TPSA) is 63.8 Å². The smallest absolute Gasteiger partial charge is 0.222 e. The minimum atomic E-state index is 0.493. The van der Waals surface area contributed by atoms with Gasteiger partial charge in [-0.1, -0.05) is 27.7 Å². The molecule has 1 rings (SSSR count). The molecule has 0 fully saturated rings. The fraction of sp³-hybridized carbons (Fsp3) is 0.714. The lowest BCUT2D eigenvalue weighted by Crippen LogP contribution is -2.25. The third-order valence-corrected chi connectivity index (χ3v) is 3.51. The van der Waals surface area contributed by atoms with Crippen molar-refractivity contribution in [2.45, 2.75) is 41.2 Å². The fourth-order valence-corrected chi connectivity index (χ4v) is 2.23. The lowest BCUT2D eigenvalue weighted by atomic mass is 9.85. The van der Waals surface area contributed by atoms with Crippen LogP contribution in [0.4, 0.5) is 5.95 Å². The summed E-state index contributed by atoms with van der Waals surface area (Å²) in [5.74, 6) is 2.64. The molecule has 0 radical (unpaired) electrons. The molecule has 0 aromatic carbocycles. The molecular weight excluding hydrogens is 224 g/mol. The Labute approximate surface area is 110 Å². The summed E-state index contributed by atoms with van der Waals surface area (Å²) in [5, 5.41) is 3.34. The molecule has 1 heterocycles. The number of anilines is 1. The molecule has 0 aliphatic heterocycles. The summed E-state index contributed by atoms with van der Waals surface area (Å²) in [7, 11) is 0. The van der Waals surface area contributed by atoms with E-state index >= 15 is 0 Å². The molecule has 1 aromatic heterocycles. The van der Waals surface area contributed by atoms with Crippen molar-refractivity contribution in [3.63, 3.8) is 0 Å². The summed E-state index contributed by atoms with van der Waals surface area (Å²) in [6, 6.07) is 0. The maximum Gasteiger partial charge on any atom is 0.222 e. The van der Waals surface area contributed by atoms with Gasteiger partial charge in [0.2, 0.25) is 5.95 Å². The Morgan fingerprint density at radius 3 is 2.28 bits per heavy atom. The average Bonchev–Trinajstić information content (AvgIpc) is 2.28. The van der Waals surface area contributed by atoms with Crippen LogP contribution in [0.25, 0.3) is 0 Å². The van der Waals surface area contributed by atoms with Gasteiger partial charge in [0.15, 0.2) is 0 Å². The quantitative estimate of drug-likeness (QED) is 0.814. The molecule has 0 bridgehead atoms. The highest BCUT2D eigenvalue weighted by Gasteiger charge is 2.17. The van der Waals surface area contributed by atoms with Gasteiger partial charge in [-0.15, -0.1) is 0 Å². The molecule has 18 heavy (non-hydrogen) atoms. The Hall–Kier alpha value is -1.16. The molecule has 0 aliphatic rings. The van der Waals surface area contributed by atoms with Gasteiger partial charge in [0.05, 0.1) is 0 Å². The number of hydrogen-bond acceptors (Lipinski definition) is 4. The van der Waals surface area contributed by atoms with E-state index in [0.717, 1.165) is 17.8 Å². The van der Waals surface area contributed by atoms with E-state index in [9.17, 15) is 0 Å². The first-order chi connectivity index (χ1) is 8.45. The summed E-state index contributed by atoms with van der Waals surface area (Å²) in [6.07, 6.45) is 1.81. The number of nitrogens with one attached hydrogen (secondary N) is 1. The van der Waals surface area contributed by atoms with Crippen molar-refractivity contribution in [2.24, 2.45) is 23.5 Å². The predicted octanol–water partition coefficient (Wildman–Crippen LogP) is 2.58. The highest BCUT2D eigenvalue weighted by molar-refractivity contribution is 5.29. The van der Waals surface area contributed by atoms with Gasteiger partial charge in [-0.2, -0.15) is 0 Å². The molecule has 0 amide bonds. The number of nitrogens with two attached hydrogens (primary N) is 1. The second kappa shape index (κ2) is 6.69. The van der Waals surface area contributed by atoms with Crippen molar-refractivity contribution < 1.29 is 0 Å². The lowest BCUT2D eigenvalue weighted by Gasteiger charge is -2.25. The van der Waals surface area contributed by atoms with E-state index in [2.05, 4.69) is 43.0 Å². The maximum atomic E-state index is 5.60. The van der Waals surface area contributed by atoms with Gasteiger partial charge in [0, 0.05) is 30.5 Å². The van der Waals surface area contributed by atoms with Crippen LogP contribution in [-0.2, 0) is 6.54 Å². The second-order valence-corrected chi connectivity index (χ2v) is 5.54. The van der Waals surface area contributed by atoms with Crippen molar-refractivity contribution in [3.8, 4) is 0 Å². The Morgan fingerprint density at radius 1 is 1.22 bits per heavy atom. The van der Waals surface area contributed by atoms with Gasteiger partial charge >= 0.3 is 0 Å². The second-order valence-electron chi connectivity index (χ2n) is 5.54. The van der Waals surface area contributed by atoms with Crippen LogP contribution in [0.5, 0.6) is 0 Å². The van der Waals surface area contributed by atoms with Crippen LogP contribution >= 0.6 is 0 Å². The highest BCUT2D eigenvalue weighted by Crippen LogP contribution is 2.20. The van der Waals surface area contributed by atoms with Gasteiger partial charge < -0.3 is 11.1 Å². The standard InChI is InChI=1S/C14H26N4/c1-9(2)13(10(3)4)8-17-14-16-7-12(6-15)11(5)18-14/h7,9-10,13H,6,8,15H2,1-5H3,(H,16,17,18). The average molecular weight is 250 g/mol. The van der Waals surface area contributed by atoms with E-state index in [1.165, 1.54) is 0 Å². The van der Waals surface area contributed by atoms with Crippen molar-refractivity contribution in [3.05, 3.63) is 17.5 Å². The van der Waals surface area contributed by atoms with Gasteiger partial charge in [0.25, 0.3) is 0 Å². The van der Waals surface area contributed by atoms with Crippen LogP contribution in [0, 0.1) is 24.7 Å². The third-order valence-electron chi connectivity index (χ3n) is 3.51. The zero-order valence-electron chi connectivity index (χ0n) is 12.2. The van der Waals surface area contributed by atoms with Crippen LogP contribution in [-0.4, -0.2) is 16.5 Å². The molecule has 0 spiro atoms. The van der Waals surface area contributed by atoms with Crippen LogP contribution in [0.15, 0.2) is 6.20 Å². The van der Waals surface area contributed by atoms with E-state index in [-0.39, 0.29) is 0 Å². The minimum Gasteiger partial charge on any atom is -0.354 e. The van der Waals surface area contributed by atoms with E-state index in [1.54, 1.807) is 0 Å². The monoisotopic (exact) mass is 250 g/mol. The molecule has 4 nitrogen and oxygen atoms in total. The predicted molar refractivity (Wildman–Crippen MR) is 76.3 cm³/mol. The molecule has 3 N–H and O–H groups in total. The number of hydrogen-bond donors (Lipinski definition) is 2. The summed E-state index contributed by atoms with van der Waals surface area (Å²) in [6.45, 7) is 12.4. The Morgan fingerprint density at radius 2 is 1.83 bits per heavy atom. The van der Waals surface area contributed by atoms with Crippen LogP contribution in [0.2, 0.25) is 0 Å². The zero-order valence-corrected chi connectivity index (χ0v) is 12.2. The van der Waals surface area contributed by atoms with E-state index < -0.39 is 0 Å². The van der Waals surface area contributed by atoms with Gasteiger partial charge in [0.1, 0.15) is 0 Å². The molecule has 0 unspecified atom stereocenters. The van der Waals surface area contributed by atoms with Gasteiger partial charge in [-0.3, -0.25) is 0 Å². The van der Waals surface area contributed by atoms with Crippen molar-refractivity contribution >= 4 is 5.95 Å². The van der Waals surface area contributed by atoms with Gasteiger partial charge in [-0.25, -0.2) is 9.97 Å². The SMILES string of the molecule is Cc1nc(NCC(C(C)C)C(C)C)ncc1CN. The lowest BCUT2D eigenvalue weighted by molar-refractivity contribution is 0.304. The Kier molecular flexibility index (Phi) is 5.54. The van der Waals surface area contributed by atoms with Crippen molar-refractivity contribution in [2.75, 3.05) is 11.9 Å². The molecule has 0 atom stereocenters. The van der Waals surface area contributed by atoms with E-state index in [0.29, 0.717) is 30.2 Å². The molecule has 0 saturated heterocycles. The minimum absolute atomic E-state index is 0.493.